The average Bonchev–Trinajstić information content (AvgIpc) is 2.64. The molecule has 0 aliphatic heterocycles. The van der Waals surface area contributed by atoms with E-state index >= 15 is 0 Å². The maximum absolute atomic E-state index is 12.1. The van der Waals surface area contributed by atoms with Gasteiger partial charge in [0.1, 0.15) is 6.10 Å². The smallest absolute Gasteiger partial charge is 0.404 e. The normalized spacial score (nSPS) is 20.7. The summed E-state index contributed by atoms with van der Waals surface area (Å²) < 4.78 is 5.49. The minimum Gasteiger partial charge on any atom is -0.465 e. The second kappa shape index (κ2) is 9.76. The summed E-state index contributed by atoms with van der Waals surface area (Å²) in [5, 5.41) is 11.1. The second-order valence-electron chi connectivity index (χ2n) is 6.42. The number of amides is 3. The Morgan fingerprint density at radius 2 is 1.77 bits per heavy atom. The molecule has 0 heterocycles. The monoisotopic (exact) mass is 363 g/mol. The van der Waals surface area contributed by atoms with Crippen molar-refractivity contribution in [3.05, 3.63) is 35.9 Å². The van der Waals surface area contributed by atoms with Gasteiger partial charge in [-0.15, -0.1) is 0 Å². The molecule has 1 aliphatic carbocycles. The first-order valence-corrected chi connectivity index (χ1v) is 8.70. The van der Waals surface area contributed by atoms with Gasteiger partial charge in [0.15, 0.2) is 0 Å². The molecule has 3 amide bonds. The fourth-order valence-corrected chi connectivity index (χ4v) is 2.87. The molecule has 142 valence electrons. The first-order chi connectivity index (χ1) is 12.5. The van der Waals surface area contributed by atoms with Gasteiger partial charge in [-0.3, -0.25) is 20.4 Å². The third kappa shape index (κ3) is 6.36. The van der Waals surface area contributed by atoms with Gasteiger partial charge >= 0.3 is 6.09 Å². The van der Waals surface area contributed by atoms with E-state index in [0.717, 1.165) is 5.56 Å². The van der Waals surface area contributed by atoms with E-state index in [1.54, 1.807) is 6.92 Å². The average molecular weight is 363 g/mol. The first-order valence-electron chi connectivity index (χ1n) is 8.70. The Morgan fingerprint density at radius 1 is 1.12 bits per heavy atom. The van der Waals surface area contributed by atoms with Crippen molar-refractivity contribution in [1.29, 1.82) is 0 Å². The summed E-state index contributed by atoms with van der Waals surface area (Å²) in [5.74, 6) is -0.916. The van der Waals surface area contributed by atoms with E-state index in [0.29, 0.717) is 32.3 Å². The Hall–Kier alpha value is -2.61. The van der Waals surface area contributed by atoms with Crippen molar-refractivity contribution in [2.45, 2.75) is 51.4 Å². The summed E-state index contributed by atoms with van der Waals surface area (Å²) in [6.07, 6.45) is 0.615. The van der Waals surface area contributed by atoms with Crippen LogP contribution in [0.2, 0.25) is 0 Å². The number of nitrogens with one attached hydrogen (secondary N) is 3. The molecule has 8 nitrogen and oxygen atoms in total. The lowest BCUT2D eigenvalue weighted by atomic mass is 9.85. The largest absolute Gasteiger partial charge is 0.465 e. The molecule has 0 spiro atoms. The molecule has 1 aromatic carbocycles. The lowest BCUT2D eigenvalue weighted by Crippen LogP contribution is -2.49. The number of ether oxygens (including phenoxy) is 1. The predicted octanol–water partition coefficient (Wildman–Crippen LogP) is 1.57. The van der Waals surface area contributed by atoms with Gasteiger partial charge in [-0.1, -0.05) is 30.3 Å². The molecule has 0 radical (unpaired) electrons. The third-order valence-electron chi connectivity index (χ3n) is 4.45. The van der Waals surface area contributed by atoms with E-state index < -0.39 is 18.1 Å². The standard InChI is InChI=1S/C18H25N3O5/c1-12(26-11-13-5-3-2-4-6-13)16(22)20-21-17(23)14-7-9-15(10-8-14)19-18(24)25/h2-6,12,14-15,19H,7-11H2,1H3,(H,20,22)(H,21,23)(H,24,25)/t12-,14?,15?/m1/s1. The number of hydrazine groups is 1. The summed E-state index contributed by atoms with van der Waals surface area (Å²) >= 11 is 0. The van der Waals surface area contributed by atoms with Crippen molar-refractivity contribution in [3.8, 4) is 0 Å². The van der Waals surface area contributed by atoms with Crippen LogP contribution in [0.5, 0.6) is 0 Å². The molecule has 26 heavy (non-hydrogen) atoms. The maximum Gasteiger partial charge on any atom is 0.404 e. The van der Waals surface area contributed by atoms with E-state index in [2.05, 4.69) is 16.2 Å². The van der Waals surface area contributed by atoms with Crippen LogP contribution < -0.4 is 16.2 Å². The second-order valence-corrected chi connectivity index (χ2v) is 6.42. The molecular weight excluding hydrogens is 338 g/mol. The van der Waals surface area contributed by atoms with Crippen LogP contribution in [-0.4, -0.2) is 35.2 Å². The van der Waals surface area contributed by atoms with E-state index in [1.165, 1.54) is 0 Å². The number of rotatable bonds is 6. The van der Waals surface area contributed by atoms with Crippen molar-refractivity contribution in [1.82, 2.24) is 16.2 Å². The van der Waals surface area contributed by atoms with Crippen LogP contribution in [0.25, 0.3) is 0 Å². The highest BCUT2D eigenvalue weighted by atomic mass is 16.5. The number of carbonyl (C=O) groups excluding carboxylic acids is 2. The third-order valence-corrected chi connectivity index (χ3v) is 4.45. The molecule has 1 fully saturated rings. The quantitative estimate of drug-likeness (QED) is 0.572. The van der Waals surface area contributed by atoms with Crippen LogP contribution in [0.15, 0.2) is 30.3 Å². The molecule has 1 saturated carbocycles. The van der Waals surface area contributed by atoms with Crippen molar-refractivity contribution >= 4 is 17.9 Å². The molecule has 0 saturated heterocycles. The zero-order valence-electron chi connectivity index (χ0n) is 14.7. The number of carbonyl (C=O) groups is 3. The molecule has 1 aromatic rings. The molecule has 0 aromatic heterocycles. The highest BCUT2D eigenvalue weighted by Crippen LogP contribution is 2.24. The molecular formula is C18H25N3O5. The summed E-state index contributed by atoms with van der Waals surface area (Å²) in [6, 6.07) is 9.39. The Kier molecular flexibility index (Phi) is 7.40. The van der Waals surface area contributed by atoms with Crippen molar-refractivity contribution < 1.29 is 24.2 Å². The van der Waals surface area contributed by atoms with Crippen molar-refractivity contribution in [2.75, 3.05) is 0 Å². The van der Waals surface area contributed by atoms with Gasteiger partial charge in [-0.05, 0) is 38.2 Å². The molecule has 0 bridgehead atoms. The van der Waals surface area contributed by atoms with Crippen LogP contribution in [0.4, 0.5) is 4.79 Å². The Bertz CT molecular complexity index is 615. The number of hydrogen-bond donors (Lipinski definition) is 4. The molecule has 4 N–H and O–H groups in total. The maximum atomic E-state index is 12.1. The number of hydrogen-bond acceptors (Lipinski definition) is 4. The van der Waals surface area contributed by atoms with Crippen LogP contribution in [-0.2, 0) is 20.9 Å². The molecule has 1 atom stereocenters. The topological polar surface area (TPSA) is 117 Å². The highest BCUT2D eigenvalue weighted by Gasteiger charge is 2.27. The fraction of sp³-hybridized carbons (Fsp3) is 0.500. The molecule has 0 unspecified atom stereocenters. The minimum absolute atomic E-state index is 0.113. The zero-order chi connectivity index (χ0) is 18.9. The van der Waals surface area contributed by atoms with Crippen LogP contribution >= 0.6 is 0 Å². The van der Waals surface area contributed by atoms with Gasteiger partial charge in [0.2, 0.25) is 5.91 Å². The fourth-order valence-electron chi connectivity index (χ4n) is 2.87. The van der Waals surface area contributed by atoms with Crippen LogP contribution in [0, 0.1) is 5.92 Å². The Morgan fingerprint density at radius 3 is 2.38 bits per heavy atom. The van der Waals surface area contributed by atoms with Gasteiger partial charge < -0.3 is 15.2 Å². The van der Waals surface area contributed by atoms with Gasteiger partial charge in [0.25, 0.3) is 5.91 Å². The zero-order valence-corrected chi connectivity index (χ0v) is 14.7. The molecule has 1 aliphatic rings. The van der Waals surface area contributed by atoms with Gasteiger partial charge in [0.05, 0.1) is 6.61 Å². The summed E-state index contributed by atoms with van der Waals surface area (Å²) in [5.41, 5.74) is 5.78. The Balaban J connectivity index is 1.66. The first kappa shape index (κ1) is 19.7. The van der Waals surface area contributed by atoms with E-state index in [-0.39, 0.29) is 17.9 Å². The number of carboxylic acid groups (broad SMARTS) is 1. The number of benzene rings is 1. The lowest BCUT2D eigenvalue weighted by molar-refractivity contribution is -0.138. The van der Waals surface area contributed by atoms with Gasteiger partial charge in [0, 0.05) is 12.0 Å². The van der Waals surface area contributed by atoms with Gasteiger partial charge in [-0.2, -0.15) is 0 Å². The van der Waals surface area contributed by atoms with E-state index in [1.807, 2.05) is 30.3 Å². The molecule has 2 rings (SSSR count). The summed E-state index contributed by atoms with van der Waals surface area (Å²) in [7, 11) is 0. The Labute approximate surface area is 152 Å². The van der Waals surface area contributed by atoms with Crippen molar-refractivity contribution in [2.24, 2.45) is 5.92 Å². The van der Waals surface area contributed by atoms with Crippen LogP contribution in [0.3, 0.4) is 0 Å². The van der Waals surface area contributed by atoms with Gasteiger partial charge in [-0.25, -0.2) is 4.79 Å². The van der Waals surface area contributed by atoms with Crippen LogP contribution in [0.1, 0.15) is 38.2 Å². The lowest BCUT2D eigenvalue weighted by Gasteiger charge is -2.27. The summed E-state index contributed by atoms with van der Waals surface area (Å²) in [4.78, 5) is 34.7. The highest BCUT2D eigenvalue weighted by molar-refractivity contribution is 5.85. The van der Waals surface area contributed by atoms with E-state index in [4.69, 9.17) is 9.84 Å². The van der Waals surface area contributed by atoms with E-state index in [9.17, 15) is 14.4 Å². The summed E-state index contributed by atoms with van der Waals surface area (Å²) in [6.45, 7) is 1.93. The minimum atomic E-state index is -1.05. The SMILES string of the molecule is C[C@@H](OCc1ccccc1)C(=O)NNC(=O)C1CCC(NC(=O)O)CC1. The molecule has 8 heteroatoms. The predicted molar refractivity (Wildman–Crippen MR) is 93.9 cm³/mol. The van der Waals surface area contributed by atoms with Crippen molar-refractivity contribution in [3.63, 3.8) is 0 Å².